The van der Waals surface area contributed by atoms with E-state index in [0.29, 0.717) is 0 Å². The van der Waals surface area contributed by atoms with Gasteiger partial charge in [0.25, 0.3) is 0 Å². The number of hydrogen-bond acceptors (Lipinski definition) is 12. The Kier molecular flexibility index (Phi) is 16.3. The van der Waals surface area contributed by atoms with E-state index in [1.807, 2.05) is 0 Å². The summed E-state index contributed by atoms with van der Waals surface area (Å²) in [6, 6.07) is 0. The normalized spacial score (nSPS) is 11.4. The first kappa shape index (κ1) is 27.0. The maximum absolute atomic E-state index is 9.37. The molecular formula is HILi2O12S2. The molecule has 94 valence electrons. The molecule has 17 heavy (non-hydrogen) atoms. The fourth-order valence-electron chi connectivity index (χ4n) is 0.0680. The first-order valence-electron chi connectivity index (χ1n) is 2.13. The van der Waals surface area contributed by atoms with Gasteiger partial charge in [-0.25, -0.2) is 16.8 Å². The largest absolute Gasteiger partial charge is 1.00 e. The van der Waals surface area contributed by atoms with E-state index in [2.05, 4.69) is 8.67 Å². The Hall–Kier alpha value is 1.50. The summed E-state index contributed by atoms with van der Waals surface area (Å²) in [6.07, 6.45) is 0. The van der Waals surface area contributed by atoms with Crippen molar-refractivity contribution in [1.82, 2.24) is 0 Å². The van der Waals surface area contributed by atoms with Gasteiger partial charge >= 0.3 is 57.8 Å². The summed E-state index contributed by atoms with van der Waals surface area (Å²) in [6.45, 7) is 0. The quantitative estimate of drug-likeness (QED) is 0.117. The van der Waals surface area contributed by atoms with Gasteiger partial charge in [-0.15, -0.1) is 8.67 Å². The molecule has 0 amide bonds. The third-order valence-electron chi connectivity index (χ3n) is 0.194. The summed E-state index contributed by atoms with van der Waals surface area (Å²) in [4.78, 5) is 0. The second kappa shape index (κ2) is 10.3. The second-order valence-corrected chi connectivity index (χ2v) is 5.51. The van der Waals surface area contributed by atoms with Crippen LogP contribution in [0.25, 0.3) is 0 Å². The standard InChI is InChI=1S/HIO4.2Li.H2O8S2/c2-1(3,4)5;;;1-9(2,3)7-8-10(4,5)6/h2H;;;(H,1,2,3)(H,4,5,6)/q;2*+1;/p-2. The van der Waals surface area contributed by atoms with Gasteiger partial charge in [0.1, 0.15) is 0 Å². The Morgan fingerprint density at radius 2 is 0.941 bits per heavy atom. The van der Waals surface area contributed by atoms with E-state index in [0.717, 1.165) is 0 Å². The topological polar surface area (TPSA) is 222 Å². The van der Waals surface area contributed by atoms with Crippen LogP contribution in [-0.2, 0) is 29.5 Å². The molecule has 0 heterocycles. The monoisotopic (exact) mass is 398 g/mol. The van der Waals surface area contributed by atoms with Crippen molar-refractivity contribution in [2.45, 2.75) is 0 Å². The molecule has 12 nitrogen and oxygen atoms in total. The van der Waals surface area contributed by atoms with E-state index in [1.54, 1.807) is 0 Å². The van der Waals surface area contributed by atoms with Gasteiger partial charge in [-0.3, -0.25) is 10.3 Å². The van der Waals surface area contributed by atoms with Crippen LogP contribution in [0.2, 0.25) is 0 Å². The minimum absolute atomic E-state index is 0. The molecule has 0 saturated heterocycles. The van der Waals surface area contributed by atoms with Crippen molar-refractivity contribution in [3.63, 3.8) is 0 Å². The van der Waals surface area contributed by atoms with E-state index < -0.39 is 40.9 Å². The van der Waals surface area contributed by atoms with Crippen molar-refractivity contribution in [1.29, 1.82) is 0 Å². The van der Waals surface area contributed by atoms with Crippen LogP contribution < -0.4 is 68.1 Å². The van der Waals surface area contributed by atoms with Crippen LogP contribution in [0.4, 0.5) is 0 Å². The van der Waals surface area contributed by atoms with Gasteiger partial charge in [-0.1, -0.05) is 0 Å². The maximum Gasteiger partial charge on any atom is 1.00 e. The Morgan fingerprint density at radius 3 is 1.00 bits per heavy atom. The van der Waals surface area contributed by atoms with Crippen LogP contribution in [0, 0.1) is 0 Å². The molecule has 0 saturated carbocycles. The summed E-state index contributed by atoms with van der Waals surface area (Å²) in [5, 5.41) is 0. The summed E-state index contributed by atoms with van der Waals surface area (Å²) in [5.74, 6) is 0. The van der Waals surface area contributed by atoms with Gasteiger partial charge in [-0.2, -0.15) is 0 Å². The van der Waals surface area contributed by atoms with E-state index >= 15 is 0 Å². The zero-order chi connectivity index (χ0) is 12.9. The first-order valence-corrected chi connectivity index (χ1v) is 8.41. The van der Waals surface area contributed by atoms with Gasteiger partial charge in [0.2, 0.25) is 20.8 Å². The summed E-state index contributed by atoms with van der Waals surface area (Å²) >= 11 is -5.69. The molecule has 0 aromatic rings. The van der Waals surface area contributed by atoms with Gasteiger partial charge in [0, 0.05) is 3.44 Å². The molecular weight excluding hydrogens is 397 g/mol. The Morgan fingerprint density at radius 1 is 0.824 bits per heavy atom. The van der Waals surface area contributed by atoms with Crippen LogP contribution in [0.5, 0.6) is 0 Å². The fraction of sp³-hybridized carbons (Fsp3) is 0. The van der Waals surface area contributed by atoms with Crippen LogP contribution >= 0.6 is 0 Å². The molecule has 0 unspecified atom stereocenters. The van der Waals surface area contributed by atoms with E-state index in [9.17, 15) is 25.9 Å². The average molecular weight is 398 g/mol. The van der Waals surface area contributed by atoms with Crippen molar-refractivity contribution in [2.75, 3.05) is 0 Å². The van der Waals surface area contributed by atoms with Gasteiger partial charge in [-0.05, 0) is 0 Å². The van der Waals surface area contributed by atoms with Crippen LogP contribution in [-0.4, -0.2) is 29.4 Å². The van der Waals surface area contributed by atoms with E-state index in [4.69, 9.17) is 13.7 Å². The molecule has 0 aromatic heterocycles. The van der Waals surface area contributed by atoms with E-state index in [1.165, 1.54) is 0 Å². The predicted molar refractivity (Wildman–Crippen MR) is 23.8 cm³/mol. The predicted octanol–water partition coefficient (Wildman–Crippen LogP) is -15.3. The summed E-state index contributed by atoms with van der Waals surface area (Å²) in [7, 11) is -10.6. The molecule has 17 heteroatoms. The minimum atomic E-state index is -5.69. The third kappa shape index (κ3) is 58.2. The molecule has 0 spiro atoms. The van der Waals surface area contributed by atoms with Crippen LogP contribution in [0.3, 0.4) is 0 Å². The van der Waals surface area contributed by atoms with Crippen LogP contribution in [0.1, 0.15) is 0 Å². The second-order valence-electron chi connectivity index (χ2n) is 1.35. The molecule has 0 fully saturated rings. The zero-order valence-electron chi connectivity index (χ0n) is 8.13. The van der Waals surface area contributed by atoms with Crippen molar-refractivity contribution in [3.05, 3.63) is 0 Å². The Bertz CT molecular complexity index is 322. The average Bonchev–Trinajstić information content (AvgIpc) is 1.76. The molecule has 0 bridgehead atoms. The maximum atomic E-state index is 9.37. The van der Waals surface area contributed by atoms with E-state index in [-0.39, 0.29) is 37.7 Å². The molecule has 0 rings (SSSR count). The van der Waals surface area contributed by atoms with Crippen LogP contribution in [0.15, 0.2) is 0 Å². The fourth-order valence-corrected chi connectivity index (χ4v) is 0.612. The summed E-state index contributed by atoms with van der Waals surface area (Å²) < 4.78 is 94.7. The van der Waals surface area contributed by atoms with Crippen molar-refractivity contribution in [2.24, 2.45) is 0 Å². The van der Waals surface area contributed by atoms with Crippen molar-refractivity contribution >= 4 is 20.8 Å². The van der Waals surface area contributed by atoms with Crippen molar-refractivity contribution in [3.8, 4) is 0 Å². The molecule has 0 aromatic carbocycles. The SMILES string of the molecule is O=S(=O)([O-])OOS(=O)(=O)[O-].[Li+].[Li+].[O-][I+3]([O-])([O-])O. The first-order chi connectivity index (χ1) is 6.21. The smallest absolute Gasteiger partial charge is 0.724 e. The zero-order valence-corrected chi connectivity index (χ0v) is 11.9. The summed E-state index contributed by atoms with van der Waals surface area (Å²) in [5.41, 5.74) is 0. The Balaban J connectivity index is -0.000000105. The number of halogens is 1. The third-order valence-corrected chi connectivity index (χ3v) is 0.750. The Labute approximate surface area is 126 Å². The molecule has 0 aliphatic carbocycles. The van der Waals surface area contributed by atoms with Gasteiger partial charge in [0.05, 0.1) is 0 Å². The molecule has 0 aliphatic heterocycles. The van der Waals surface area contributed by atoms with Gasteiger partial charge in [0.15, 0.2) is 0 Å². The number of hydrogen-bond donors (Lipinski definition) is 1. The molecule has 0 aliphatic rings. The minimum Gasteiger partial charge on any atom is -0.724 e. The van der Waals surface area contributed by atoms with Crippen molar-refractivity contribution < 1.29 is 106 Å². The molecule has 1 N–H and O–H groups in total. The number of rotatable bonds is 3. The molecule has 0 radical (unpaired) electrons. The van der Waals surface area contributed by atoms with Gasteiger partial charge < -0.3 is 9.11 Å². The molecule has 0 atom stereocenters.